The van der Waals surface area contributed by atoms with Crippen LogP contribution in [0.3, 0.4) is 0 Å². The second kappa shape index (κ2) is 5.82. The summed E-state index contributed by atoms with van der Waals surface area (Å²) in [6, 6.07) is 2.42. The van der Waals surface area contributed by atoms with Crippen molar-refractivity contribution < 1.29 is 0 Å². The van der Waals surface area contributed by atoms with Crippen LogP contribution < -0.4 is 10.6 Å². The van der Waals surface area contributed by atoms with Crippen LogP contribution in [0.2, 0.25) is 0 Å². The van der Waals surface area contributed by atoms with E-state index in [0.29, 0.717) is 12.0 Å². The molecule has 94 valence electrons. The molecule has 0 bridgehead atoms. The van der Waals surface area contributed by atoms with Crippen molar-refractivity contribution in [2.75, 3.05) is 37.3 Å². The van der Waals surface area contributed by atoms with Crippen molar-refractivity contribution in [2.24, 2.45) is 0 Å². The Morgan fingerprint density at radius 2 is 2.41 bits per heavy atom. The molecule has 1 aliphatic rings. The number of hydrogen-bond donors (Lipinski definition) is 2. The first-order valence-electron chi connectivity index (χ1n) is 6.30. The molecule has 1 atom stereocenters. The van der Waals surface area contributed by atoms with Crippen molar-refractivity contribution >= 4 is 11.8 Å². The van der Waals surface area contributed by atoms with Crippen LogP contribution in [0.25, 0.3) is 0 Å². The monoisotopic (exact) mass is 235 g/mol. The minimum absolute atomic E-state index is 0.498. The number of nitrogens with one attached hydrogen (secondary N) is 2. The van der Waals surface area contributed by atoms with Gasteiger partial charge >= 0.3 is 0 Å². The Morgan fingerprint density at radius 1 is 1.53 bits per heavy atom. The van der Waals surface area contributed by atoms with E-state index >= 15 is 0 Å². The second-order valence-electron chi connectivity index (χ2n) is 4.54. The number of likely N-dealkylation sites (N-methyl/N-ethyl adjacent to an activating group) is 1. The van der Waals surface area contributed by atoms with Crippen LogP contribution in [0.15, 0.2) is 12.3 Å². The van der Waals surface area contributed by atoms with Gasteiger partial charge in [-0.05, 0) is 39.4 Å². The summed E-state index contributed by atoms with van der Waals surface area (Å²) >= 11 is 0. The number of aromatic nitrogens is 2. The van der Waals surface area contributed by atoms with Crippen LogP contribution in [-0.4, -0.2) is 47.6 Å². The van der Waals surface area contributed by atoms with E-state index in [2.05, 4.69) is 32.5 Å². The van der Waals surface area contributed by atoms with Gasteiger partial charge in [-0.15, -0.1) is 0 Å². The van der Waals surface area contributed by atoms with Crippen molar-refractivity contribution in [3.05, 3.63) is 12.3 Å². The normalized spacial score (nSPS) is 21.2. The fourth-order valence-electron chi connectivity index (χ4n) is 2.18. The second-order valence-corrected chi connectivity index (χ2v) is 4.54. The molecule has 0 aromatic carbocycles. The smallest absolute Gasteiger partial charge is 0.224 e. The lowest BCUT2D eigenvalue weighted by atomic mass is 10.1. The van der Waals surface area contributed by atoms with Crippen LogP contribution >= 0.6 is 0 Å². The van der Waals surface area contributed by atoms with E-state index in [1.807, 2.05) is 13.0 Å². The molecule has 2 rings (SSSR count). The van der Waals surface area contributed by atoms with Crippen molar-refractivity contribution in [1.82, 2.24) is 14.9 Å². The third kappa shape index (κ3) is 3.56. The molecule has 0 radical (unpaired) electrons. The topological polar surface area (TPSA) is 53.1 Å². The summed E-state index contributed by atoms with van der Waals surface area (Å²) in [5.74, 6) is 1.61. The first-order chi connectivity index (χ1) is 8.28. The summed E-state index contributed by atoms with van der Waals surface area (Å²) in [4.78, 5) is 10.9. The molecule has 5 nitrogen and oxygen atoms in total. The minimum atomic E-state index is 0.498. The summed E-state index contributed by atoms with van der Waals surface area (Å²) in [5, 5.41) is 6.60. The first kappa shape index (κ1) is 12.1. The highest BCUT2D eigenvalue weighted by molar-refractivity contribution is 5.40. The molecule has 0 aliphatic carbocycles. The van der Waals surface area contributed by atoms with Gasteiger partial charge in [0.1, 0.15) is 5.82 Å². The lowest BCUT2D eigenvalue weighted by Gasteiger charge is -2.30. The molecule has 1 saturated heterocycles. The standard InChI is InChI=1S/C12H21N5/c1-3-13-12-14-7-6-11(16-12)15-10-5-4-8-17(2)9-10/h6-7,10H,3-5,8-9H2,1-2H3,(H2,13,14,15,16). The first-order valence-corrected chi connectivity index (χ1v) is 6.30. The van der Waals surface area contributed by atoms with Crippen molar-refractivity contribution in [3.8, 4) is 0 Å². The van der Waals surface area contributed by atoms with E-state index in [9.17, 15) is 0 Å². The zero-order valence-electron chi connectivity index (χ0n) is 10.6. The summed E-state index contributed by atoms with van der Waals surface area (Å²) in [7, 11) is 2.16. The van der Waals surface area contributed by atoms with Crippen molar-refractivity contribution in [2.45, 2.75) is 25.8 Å². The molecule has 1 aromatic rings. The van der Waals surface area contributed by atoms with E-state index in [1.54, 1.807) is 6.20 Å². The maximum atomic E-state index is 4.43. The van der Waals surface area contributed by atoms with Crippen LogP contribution in [0.5, 0.6) is 0 Å². The van der Waals surface area contributed by atoms with E-state index in [0.717, 1.165) is 18.9 Å². The molecule has 5 heteroatoms. The van der Waals surface area contributed by atoms with Gasteiger partial charge in [0.05, 0.1) is 0 Å². The number of anilines is 2. The Hall–Kier alpha value is -1.36. The van der Waals surface area contributed by atoms with Gasteiger partial charge in [0.2, 0.25) is 5.95 Å². The molecular formula is C12H21N5. The number of hydrogen-bond acceptors (Lipinski definition) is 5. The third-order valence-corrected chi connectivity index (χ3v) is 2.97. The maximum absolute atomic E-state index is 4.43. The number of likely N-dealkylation sites (tertiary alicyclic amines) is 1. The Morgan fingerprint density at radius 3 is 3.18 bits per heavy atom. The lowest BCUT2D eigenvalue weighted by Crippen LogP contribution is -2.39. The van der Waals surface area contributed by atoms with Gasteiger partial charge in [0.25, 0.3) is 0 Å². The molecule has 0 amide bonds. The average Bonchev–Trinajstić information content (AvgIpc) is 2.30. The zero-order valence-corrected chi connectivity index (χ0v) is 10.6. The summed E-state index contributed by atoms with van der Waals surface area (Å²) in [6.07, 6.45) is 4.25. The fourth-order valence-corrected chi connectivity index (χ4v) is 2.18. The molecule has 1 aliphatic heterocycles. The highest BCUT2D eigenvalue weighted by atomic mass is 15.2. The van der Waals surface area contributed by atoms with E-state index in [4.69, 9.17) is 0 Å². The van der Waals surface area contributed by atoms with Crippen molar-refractivity contribution in [3.63, 3.8) is 0 Å². The van der Waals surface area contributed by atoms with Gasteiger partial charge in [-0.25, -0.2) is 4.98 Å². The number of rotatable bonds is 4. The minimum Gasteiger partial charge on any atom is -0.366 e. The lowest BCUT2D eigenvalue weighted by molar-refractivity contribution is 0.261. The molecule has 2 heterocycles. The average molecular weight is 235 g/mol. The highest BCUT2D eigenvalue weighted by Crippen LogP contribution is 2.14. The molecule has 1 aromatic heterocycles. The Balaban J connectivity index is 1.95. The molecule has 1 fully saturated rings. The molecule has 2 N–H and O–H groups in total. The van der Waals surface area contributed by atoms with Crippen LogP contribution in [0.1, 0.15) is 19.8 Å². The largest absolute Gasteiger partial charge is 0.366 e. The SMILES string of the molecule is CCNc1nccc(NC2CCCN(C)C2)n1. The Bertz CT molecular complexity index is 355. The van der Waals surface area contributed by atoms with Gasteiger partial charge in [-0.3, -0.25) is 0 Å². The molecule has 17 heavy (non-hydrogen) atoms. The number of nitrogens with zero attached hydrogens (tertiary/aromatic N) is 3. The van der Waals surface area contributed by atoms with Gasteiger partial charge in [0, 0.05) is 25.3 Å². The van der Waals surface area contributed by atoms with Crippen LogP contribution in [0.4, 0.5) is 11.8 Å². The molecule has 0 spiro atoms. The van der Waals surface area contributed by atoms with E-state index in [-0.39, 0.29) is 0 Å². The third-order valence-electron chi connectivity index (χ3n) is 2.97. The maximum Gasteiger partial charge on any atom is 0.224 e. The van der Waals surface area contributed by atoms with Gasteiger partial charge < -0.3 is 15.5 Å². The molecular weight excluding hydrogens is 214 g/mol. The summed E-state index contributed by atoms with van der Waals surface area (Å²) in [6.45, 7) is 5.17. The van der Waals surface area contributed by atoms with Crippen LogP contribution in [-0.2, 0) is 0 Å². The highest BCUT2D eigenvalue weighted by Gasteiger charge is 2.17. The van der Waals surface area contributed by atoms with Gasteiger partial charge in [-0.1, -0.05) is 0 Å². The Kier molecular flexibility index (Phi) is 4.14. The quantitative estimate of drug-likeness (QED) is 0.826. The molecule has 0 saturated carbocycles. The van der Waals surface area contributed by atoms with Gasteiger partial charge in [-0.2, -0.15) is 4.98 Å². The van der Waals surface area contributed by atoms with Gasteiger partial charge in [0.15, 0.2) is 0 Å². The number of piperidine rings is 1. The summed E-state index contributed by atoms with van der Waals surface area (Å²) < 4.78 is 0. The predicted octanol–water partition coefficient (Wildman–Crippen LogP) is 1.41. The van der Waals surface area contributed by atoms with Crippen molar-refractivity contribution in [1.29, 1.82) is 0 Å². The molecule has 1 unspecified atom stereocenters. The zero-order chi connectivity index (χ0) is 12.1. The predicted molar refractivity (Wildman–Crippen MR) is 70.3 cm³/mol. The van der Waals surface area contributed by atoms with E-state index < -0.39 is 0 Å². The Labute approximate surface area is 103 Å². The van der Waals surface area contributed by atoms with Crippen LogP contribution in [0, 0.1) is 0 Å². The summed E-state index contributed by atoms with van der Waals surface area (Å²) in [5.41, 5.74) is 0. The van der Waals surface area contributed by atoms with E-state index in [1.165, 1.54) is 19.4 Å². The fraction of sp³-hybridized carbons (Fsp3) is 0.667.